The molecule has 0 saturated carbocycles. The lowest BCUT2D eigenvalue weighted by molar-refractivity contribution is -0.139. The van der Waals surface area contributed by atoms with Crippen LogP contribution in [0.15, 0.2) is 77.3 Å². The average molecular weight is 789 g/mol. The summed E-state index contributed by atoms with van der Waals surface area (Å²) < 4.78 is 11.0. The van der Waals surface area contributed by atoms with Crippen molar-refractivity contribution in [2.75, 3.05) is 39.6 Å². The summed E-state index contributed by atoms with van der Waals surface area (Å²) in [5, 5.41) is 5.69. The molecule has 2 saturated heterocycles. The van der Waals surface area contributed by atoms with E-state index in [4.69, 9.17) is 14.1 Å². The molecule has 2 aliphatic heterocycles. The molecular weight excluding hydrogens is 737 g/mol. The molecule has 5 atom stereocenters. The van der Waals surface area contributed by atoms with Gasteiger partial charge in [0.15, 0.2) is 5.76 Å². The third-order valence-electron chi connectivity index (χ3n) is 11.4. The molecule has 4 amide bonds. The molecule has 4 heterocycles. The number of carbonyl (C=O) groups is 4. The van der Waals surface area contributed by atoms with Crippen molar-refractivity contribution in [3.05, 3.63) is 89.9 Å². The van der Waals surface area contributed by atoms with Gasteiger partial charge < -0.3 is 34.6 Å². The Kier molecular flexibility index (Phi) is 11.7. The van der Waals surface area contributed by atoms with Crippen molar-refractivity contribution >= 4 is 40.5 Å². The zero-order valence-electron chi connectivity index (χ0n) is 34.1. The third-order valence-corrected chi connectivity index (χ3v) is 11.4. The second-order valence-corrected chi connectivity index (χ2v) is 16.0. The number of ether oxygens (including phenoxy) is 1. The van der Waals surface area contributed by atoms with Gasteiger partial charge in [-0.25, -0.2) is 14.8 Å². The van der Waals surface area contributed by atoms with Crippen LogP contribution in [0.3, 0.4) is 0 Å². The van der Waals surface area contributed by atoms with Crippen LogP contribution in [0.25, 0.3) is 33.8 Å². The molecule has 7 rings (SSSR count). The number of benzene rings is 3. The van der Waals surface area contributed by atoms with Gasteiger partial charge in [0.1, 0.15) is 23.9 Å². The van der Waals surface area contributed by atoms with Crippen LogP contribution in [0.2, 0.25) is 0 Å². The number of carbonyl (C=O) groups excluding carboxylic acids is 4. The number of imidazole rings is 1. The number of likely N-dealkylation sites (tertiary alicyclic amines) is 2. The molecule has 0 aliphatic carbocycles. The summed E-state index contributed by atoms with van der Waals surface area (Å²) in [5.41, 5.74) is 5.46. The average Bonchev–Trinajstić information content (AvgIpc) is 4.03. The van der Waals surface area contributed by atoms with Crippen LogP contribution in [-0.4, -0.2) is 99.8 Å². The van der Waals surface area contributed by atoms with Gasteiger partial charge in [-0.1, -0.05) is 57.2 Å². The van der Waals surface area contributed by atoms with E-state index in [2.05, 4.69) is 20.6 Å². The molecule has 0 spiro atoms. The number of aromatic amines is 1. The first kappa shape index (κ1) is 40.2. The predicted octanol–water partition coefficient (Wildman–Crippen LogP) is 6.72. The van der Waals surface area contributed by atoms with E-state index in [9.17, 15) is 19.2 Å². The minimum Gasteiger partial charge on any atom is -0.453 e. The van der Waals surface area contributed by atoms with E-state index in [0.29, 0.717) is 42.4 Å². The summed E-state index contributed by atoms with van der Waals surface area (Å²) in [5.74, 6) is 0.823. The number of alkyl carbamates (subject to hydrolysis) is 1. The van der Waals surface area contributed by atoms with Crippen LogP contribution in [0.4, 0.5) is 10.5 Å². The first-order chi connectivity index (χ1) is 27.8. The number of rotatable bonds is 11. The Balaban J connectivity index is 1.07. The number of oxazole rings is 1. The number of nitrogens with one attached hydrogen (secondary N) is 3. The van der Waals surface area contributed by atoms with E-state index in [0.717, 1.165) is 46.4 Å². The first-order valence-corrected chi connectivity index (χ1v) is 19.9. The number of amides is 4. The molecule has 14 nitrogen and oxygen atoms in total. The van der Waals surface area contributed by atoms with Crippen LogP contribution in [0.5, 0.6) is 0 Å². The molecule has 3 aromatic carbocycles. The molecule has 2 fully saturated rings. The highest BCUT2D eigenvalue weighted by molar-refractivity contribution is 5.99. The summed E-state index contributed by atoms with van der Waals surface area (Å²) >= 11 is 0. The Morgan fingerprint density at radius 1 is 0.948 bits per heavy atom. The van der Waals surface area contributed by atoms with Gasteiger partial charge in [0.2, 0.25) is 23.6 Å². The van der Waals surface area contributed by atoms with Gasteiger partial charge in [0.25, 0.3) is 0 Å². The lowest BCUT2D eigenvalue weighted by Gasteiger charge is -2.31. The Morgan fingerprint density at radius 2 is 1.71 bits per heavy atom. The standard InChI is InChI=1S/C44H52N8O6/c1-25(2)36(49-44(56)57-7)42(54)52-21-19-27(4)37(52)40(53)48-32-23-30(16-15-26(32)3)41-45-24-35(58-41)29-17-18-31-33(22-29)47-39(46-31)34-14-11-20-51(34)43(55)38(50(5)6)28-12-9-8-10-13-28/h8-10,12-13,15-18,22-25,27,34,36-38H,11,14,19-21H2,1-7H3,(H,46,47)(H,48,53)(H,49,56)/t27-,34+,36+,37+,38-/m1/s1. The van der Waals surface area contributed by atoms with E-state index in [1.807, 2.05) is 118 Å². The fraction of sp³-hybridized carbons (Fsp3) is 0.409. The van der Waals surface area contributed by atoms with Gasteiger partial charge >= 0.3 is 6.09 Å². The van der Waals surface area contributed by atoms with Gasteiger partial charge in [-0.3, -0.25) is 19.3 Å². The van der Waals surface area contributed by atoms with Crippen molar-refractivity contribution in [1.82, 2.24) is 35.0 Å². The molecule has 5 aromatic rings. The maximum atomic E-state index is 14.0. The van der Waals surface area contributed by atoms with Gasteiger partial charge in [-0.2, -0.15) is 0 Å². The Bertz CT molecular complexity index is 2300. The highest BCUT2D eigenvalue weighted by atomic mass is 16.5. The molecular formula is C44H52N8O6. The highest BCUT2D eigenvalue weighted by Gasteiger charge is 2.43. The number of hydrogen-bond acceptors (Lipinski definition) is 9. The van der Waals surface area contributed by atoms with Crippen molar-refractivity contribution < 1.29 is 28.3 Å². The molecule has 2 aromatic heterocycles. The van der Waals surface area contributed by atoms with Crippen molar-refractivity contribution in [2.45, 2.75) is 71.1 Å². The first-order valence-electron chi connectivity index (χ1n) is 19.9. The van der Waals surface area contributed by atoms with Crippen LogP contribution >= 0.6 is 0 Å². The smallest absolute Gasteiger partial charge is 0.407 e. The topological polar surface area (TPSA) is 166 Å². The molecule has 58 heavy (non-hydrogen) atoms. The number of aryl methyl sites for hydroxylation is 1. The zero-order valence-corrected chi connectivity index (χ0v) is 34.1. The summed E-state index contributed by atoms with van der Waals surface area (Å²) in [6.45, 7) is 8.59. The number of anilines is 1. The van der Waals surface area contributed by atoms with E-state index in [1.165, 1.54) is 7.11 Å². The van der Waals surface area contributed by atoms with Crippen molar-refractivity contribution in [3.8, 4) is 22.8 Å². The van der Waals surface area contributed by atoms with Gasteiger partial charge in [-0.15, -0.1) is 0 Å². The minimum atomic E-state index is -0.830. The van der Waals surface area contributed by atoms with Crippen LogP contribution < -0.4 is 10.6 Å². The van der Waals surface area contributed by atoms with Crippen molar-refractivity contribution in [1.29, 1.82) is 0 Å². The summed E-state index contributed by atoms with van der Waals surface area (Å²) in [6.07, 6.45) is 3.34. The normalized spacial score (nSPS) is 19.2. The second-order valence-electron chi connectivity index (χ2n) is 16.0. The van der Waals surface area contributed by atoms with Gasteiger partial charge in [0, 0.05) is 29.9 Å². The summed E-state index contributed by atoms with van der Waals surface area (Å²) in [6, 6.07) is 19.2. The van der Waals surface area contributed by atoms with Gasteiger partial charge in [0.05, 0.1) is 30.4 Å². The van der Waals surface area contributed by atoms with E-state index in [1.54, 1.807) is 11.1 Å². The van der Waals surface area contributed by atoms with Crippen molar-refractivity contribution in [3.63, 3.8) is 0 Å². The molecule has 0 unspecified atom stereocenters. The lowest BCUT2D eigenvalue weighted by Crippen LogP contribution is -2.55. The van der Waals surface area contributed by atoms with E-state index < -0.39 is 24.2 Å². The zero-order chi connectivity index (χ0) is 41.2. The Labute approximate surface area is 338 Å². The largest absolute Gasteiger partial charge is 0.453 e. The third kappa shape index (κ3) is 8.06. The van der Waals surface area contributed by atoms with E-state index >= 15 is 0 Å². The monoisotopic (exact) mass is 788 g/mol. The van der Waals surface area contributed by atoms with Gasteiger partial charge in [-0.05, 0) is 93.6 Å². The molecule has 0 radical (unpaired) electrons. The summed E-state index contributed by atoms with van der Waals surface area (Å²) in [4.78, 5) is 72.1. The molecule has 0 bridgehead atoms. The quantitative estimate of drug-likeness (QED) is 0.132. The Morgan fingerprint density at radius 3 is 2.43 bits per heavy atom. The maximum absolute atomic E-state index is 14.0. The minimum absolute atomic E-state index is 0.0582. The van der Waals surface area contributed by atoms with Crippen LogP contribution in [-0.2, 0) is 19.1 Å². The molecule has 2 aliphatic rings. The predicted molar refractivity (Wildman–Crippen MR) is 220 cm³/mol. The highest BCUT2D eigenvalue weighted by Crippen LogP contribution is 2.36. The molecule has 304 valence electrons. The number of nitrogens with zero attached hydrogens (tertiary/aromatic N) is 5. The van der Waals surface area contributed by atoms with Crippen LogP contribution in [0, 0.1) is 18.8 Å². The van der Waals surface area contributed by atoms with E-state index in [-0.39, 0.29) is 35.6 Å². The number of methoxy groups -OCH3 is 1. The fourth-order valence-corrected chi connectivity index (χ4v) is 8.22. The maximum Gasteiger partial charge on any atom is 0.407 e. The van der Waals surface area contributed by atoms with Crippen molar-refractivity contribution in [2.24, 2.45) is 11.8 Å². The number of likely N-dealkylation sites (N-methyl/N-ethyl adjacent to an activating group) is 1. The second kappa shape index (κ2) is 16.8. The number of fused-ring (bicyclic) bond motifs is 1. The fourth-order valence-electron chi connectivity index (χ4n) is 8.22. The lowest BCUT2D eigenvalue weighted by atomic mass is 9.99. The number of hydrogen-bond donors (Lipinski definition) is 3. The SMILES string of the molecule is COC(=O)N[C@H](C(=O)N1CC[C@@H](C)[C@H]1C(=O)Nc1cc(-c2ncc(-c3ccc4nc([C@@H]5CCCN5C(=O)[C@@H](c5ccccc5)N(C)C)[nH]c4c3)o2)ccc1C)C(C)C. The van der Waals surface area contributed by atoms with Crippen LogP contribution in [0.1, 0.15) is 69.1 Å². The number of H-pyrrole nitrogens is 1. The number of aromatic nitrogens is 3. The summed E-state index contributed by atoms with van der Waals surface area (Å²) in [7, 11) is 5.11. The molecule has 3 N–H and O–H groups in total. The Hall–Kier alpha value is -6.02. The molecule has 14 heteroatoms.